The molecule has 0 atom stereocenters. The Bertz CT molecular complexity index is 539. The predicted octanol–water partition coefficient (Wildman–Crippen LogP) is 4.86. The second kappa shape index (κ2) is 8.84. The molecule has 0 aliphatic rings. The molecular formula is C19H28O3Si. The van der Waals surface area contributed by atoms with Crippen LogP contribution in [0.1, 0.15) is 26.3 Å². The summed E-state index contributed by atoms with van der Waals surface area (Å²) >= 11 is 0. The highest BCUT2D eigenvalue weighted by Gasteiger charge is 2.36. The first-order chi connectivity index (χ1) is 10.7. The minimum Gasteiger partial charge on any atom is -0.458 e. The third-order valence-corrected chi connectivity index (χ3v) is 8.55. The van der Waals surface area contributed by atoms with Crippen molar-refractivity contribution in [2.24, 2.45) is 0 Å². The Morgan fingerprint density at radius 2 is 1.78 bits per heavy atom. The summed E-state index contributed by atoms with van der Waals surface area (Å²) in [5.74, 6) is -0.344. The molecule has 0 aliphatic heterocycles. The van der Waals surface area contributed by atoms with Gasteiger partial charge in [-0.3, -0.25) is 0 Å². The molecule has 0 radical (unpaired) electrons. The number of carbonyl (C=O) groups excluding carboxylic acids is 1. The third kappa shape index (κ3) is 7.44. The van der Waals surface area contributed by atoms with Crippen LogP contribution >= 0.6 is 0 Å². The van der Waals surface area contributed by atoms with Gasteiger partial charge in [-0.15, -0.1) is 0 Å². The molecule has 0 heterocycles. The molecule has 0 spiro atoms. The molecule has 23 heavy (non-hydrogen) atoms. The number of hydrogen-bond donors (Lipinski definition) is 0. The number of rotatable bonds is 7. The van der Waals surface area contributed by atoms with Crippen LogP contribution in [0.5, 0.6) is 0 Å². The van der Waals surface area contributed by atoms with Gasteiger partial charge in [0.25, 0.3) is 0 Å². The van der Waals surface area contributed by atoms with Gasteiger partial charge in [-0.05, 0) is 23.7 Å². The average Bonchev–Trinajstić information content (AvgIpc) is 2.48. The maximum Gasteiger partial charge on any atom is 0.331 e. The monoisotopic (exact) mass is 332 g/mol. The van der Waals surface area contributed by atoms with E-state index < -0.39 is 8.32 Å². The van der Waals surface area contributed by atoms with Gasteiger partial charge in [0.05, 0.1) is 6.61 Å². The van der Waals surface area contributed by atoms with Crippen molar-refractivity contribution in [3.63, 3.8) is 0 Å². The summed E-state index contributed by atoms with van der Waals surface area (Å²) in [5.41, 5.74) is 0.979. The Morgan fingerprint density at radius 1 is 1.13 bits per heavy atom. The van der Waals surface area contributed by atoms with Gasteiger partial charge >= 0.3 is 5.97 Å². The fraction of sp³-hybridized carbons (Fsp3) is 0.421. The molecule has 0 aromatic heterocycles. The number of benzene rings is 1. The Kier molecular flexibility index (Phi) is 7.46. The topological polar surface area (TPSA) is 35.5 Å². The number of allylic oxidation sites excluding steroid dienone is 2. The van der Waals surface area contributed by atoms with Gasteiger partial charge in [0.2, 0.25) is 0 Å². The van der Waals surface area contributed by atoms with Crippen LogP contribution in [0.3, 0.4) is 0 Å². The molecule has 1 rings (SSSR count). The molecule has 0 unspecified atom stereocenters. The molecule has 1 aromatic rings. The van der Waals surface area contributed by atoms with Crippen LogP contribution in [0.15, 0.2) is 54.6 Å². The van der Waals surface area contributed by atoms with Gasteiger partial charge in [0.1, 0.15) is 6.61 Å². The van der Waals surface area contributed by atoms with Crippen LogP contribution in [0.2, 0.25) is 18.1 Å². The summed E-state index contributed by atoms with van der Waals surface area (Å²) in [5, 5.41) is 0.206. The van der Waals surface area contributed by atoms with Gasteiger partial charge < -0.3 is 9.16 Å². The lowest BCUT2D eigenvalue weighted by Crippen LogP contribution is -2.40. The fourth-order valence-corrected chi connectivity index (χ4v) is 2.46. The lowest BCUT2D eigenvalue weighted by Gasteiger charge is -2.35. The fourth-order valence-electron chi connectivity index (χ4n) is 1.52. The Morgan fingerprint density at radius 3 is 2.39 bits per heavy atom. The summed E-state index contributed by atoms with van der Waals surface area (Å²) < 4.78 is 11.2. The standard InChI is InChI=1S/C19H28O3Si/c1-19(2,3)23(4,5)22-15-11-7-10-14-18(20)21-16-17-12-8-6-9-13-17/h6-14H,15-16H2,1-5H3/b11-7+,14-10+. The van der Waals surface area contributed by atoms with Crippen molar-refractivity contribution in [2.75, 3.05) is 6.61 Å². The van der Waals surface area contributed by atoms with E-state index in [4.69, 9.17) is 9.16 Å². The minimum absolute atomic E-state index is 0.206. The van der Waals surface area contributed by atoms with Gasteiger partial charge in [0, 0.05) is 6.08 Å². The average molecular weight is 333 g/mol. The molecule has 0 fully saturated rings. The smallest absolute Gasteiger partial charge is 0.331 e. The largest absolute Gasteiger partial charge is 0.458 e. The van der Waals surface area contributed by atoms with Gasteiger partial charge in [-0.25, -0.2) is 4.79 Å². The molecule has 0 amide bonds. The van der Waals surface area contributed by atoms with Gasteiger partial charge in [0.15, 0.2) is 8.32 Å². The van der Waals surface area contributed by atoms with E-state index in [1.807, 2.05) is 42.5 Å². The number of carbonyl (C=O) groups is 1. The molecule has 126 valence electrons. The highest BCUT2D eigenvalue weighted by atomic mass is 28.4. The second-order valence-electron chi connectivity index (χ2n) is 6.95. The van der Waals surface area contributed by atoms with Crippen LogP contribution in [0, 0.1) is 0 Å². The van der Waals surface area contributed by atoms with Crippen molar-refractivity contribution in [2.45, 2.75) is 45.5 Å². The Labute approximate surface area is 141 Å². The van der Waals surface area contributed by atoms with E-state index in [2.05, 4.69) is 33.9 Å². The van der Waals surface area contributed by atoms with E-state index in [9.17, 15) is 4.79 Å². The first-order valence-corrected chi connectivity index (χ1v) is 10.8. The number of hydrogen-bond acceptors (Lipinski definition) is 3. The van der Waals surface area contributed by atoms with E-state index in [0.29, 0.717) is 13.2 Å². The summed E-state index contributed by atoms with van der Waals surface area (Å²) in [7, 11) is -1.70. The molecule has 4 heteroatoms. The van der Waals surface area contributed by atoms with E-state index in [0.717, 1.165) is 5.56 Å². The number of ether oxygens (including phenoxy) is 1. The van der Waals surface area contributed by atoms with Crippen molar-refractivity contribution in [3.05, 3.63) is 60.2 Å². The Hall–Kier alpha value is -1.65. The van der Waals surface area contributed by atoms with E-state index >= 15 is 0 Å². The van der Waals surface area contributed by atoms with Crippen LogP contribution in [0.4, 0.5) is 0 Å². The molecule has 0 saturated heterocycles. The van der Waals surface area contributed by atoms with Gasteiger partial charge in [-0.2, -0.15) is 0 Å². The van der Waals surface area contributed by atoms with Crippen LogP contribution < -0.4 is 0 Å². The molecule has 1 aromatic carbocycles. The molecule has 3 nitrogen and oxygen atoms in total. The molecular weight excluding hydrogens is 304 g/mol. The highest BCUT2D eigenvalue weighted by molar-refractivity contribution is 6.74. The van der Waals surface area contributed by atoms with Crippen LogP contribution in [0.25, 0.3) is 0 Å². The van der Waals surface area contributed by atoms with Crippen molar-refractivity contribution in [3.8, 4) is 0 Å². The summed E-state index contributed by atoms with van der Waals surface area (Å²) in [6.45, 7) is 11.9. The summed E-state index contributed by atoms with van der Waals surface area (Å²) in [6.07, 6.45) is 6.84. The van der Waals surface area contributed by atoms with Crippen molar-refractivity contribution in [1.82, 2.24) is 0 Å². The lowest BCUT2D eigenvalue weighted by atomic mass is 10.2. The molecule has 0 saturated carbocycles. The SMILES string of the molecule is CC(C)(C)[Si](C)(C)OC/C=C/C=C/C(=O)OCc1ccccc1. The van der Waals surface area contributed by atoms with Crippen molar-refractivity contribution in [1.29, 1.82) is 0 Å². The van der Waals surface area contributed by atoms with Crippen molar-refractivity contribution < 1.29 is 14.0 Å². The van der Waals surface area contributed by atoms with Crippen LogP contribution in [-0.4, -0.2) is 20.9 Å². The molecule has 0 N–H and O–H groups in total. The van der Waals surface area contributed by atoms with E-state index in [1.165, 1.54) is 6.08 Å². The zero-order valence-corrected chi connectivity index (χ0v) is 15.8. The summed E-state index contributed by atoms with van der Waals surface area (Å²) in [4.78, 5) is 11.6. The molecule has 0 aliphatic carbocycles. The van der Waals surface area contributed by atoms with E-state index in [-0.39, 0.29) is 11.0 Å². The molecule has 0 bridgehead atoms. The Balaban J connectivity index is 2.28. The van der Waals surface area contributed by atoms with E-state index in [1.54, 1.807) is 6.08 Å². The van der Waals surface area contributed by atoms with Crippen molar-refractivity contribution >= 4 is 14.3 Å². The quantitative estimate of drug-likeness (QED) is 0.309. The zero-order chi connectivity index (χ0) is 17.3. The maximum absolute atomic E-state index is 11.6. The maximum atomic E-state index is 11.6. The number of esters is 1. The normalized spacial score (nSPS) is 12.9. The highest BCUT2D eigenvalue weighted by Crippen LogP contribution is 2.36. The lowest BCUT2D eigenvalue weighted by molar-refractivity contribution is -0.139. The summed E-state index contributed by atoms with van der Waals surface area (Å²) in [6, 6.07) is 9.63. The minimum atomic E-state index is -1.70. The first-order valence-electron chi connectivity index (χ1n) is 7.90. The van der Waals surface area contributed by atoms with Gasteiger partial charge in [-0.1, -0.05) is 69.3 Å². The predicted molar refractivity (Wildman–Crippen MR) is 97.7 cm³/mol. The zero-order valence-electron chi connectivity index (χ0n) is 14.8. The second-order valence-corrected chi connectivity index (χ2v) is 11.8. The van der Waals surface area contributed by atoms with Crippen LogP contribution in [-0.2, 0) is 20.6 Å². The first kappa shape index (κ1) is 19.4. The third-order valence-electron chi connectivity index (χ3n) is 4.05.